The first-order chi connectivity index (χ1) is 9.18. The Kier molecular flexibility index (Phi) is 4.46. The van der Waals surface area contributed by atoms with Gasteiger partial charge in [0.05, 0.1) is 22.3 Å². The molecule has 0 unspecified atom stereocenters. The SMILES string of the molecule is NC(=S)CCCCNC(=O)c1cnn2ccccc12. The van der Waals surface area contributed by atoms with Gasteiger partial charge >= 0.3 is 0 Å². The molecule has 0 aliphatic rings. The first-order valence-electron chi connectivity index (χ1n) is 6.17. The molecule has 0 spiro atoms. The fourth-order valence-corrected chi connectivity index (χ4v) is 1.98. The minimum Gasteiger partial charge on any atom is -0.393 e. The summed E-state index contributed by atoms with van der Waals surface area (Å²) in [4.78, 5) is 12.5. The van der Waals surface area contributed by atoms with Gasteiger partial charge in [-0.1, -0.05) is 18.3 Å². The summed E-state index contributed by atoms with van der Waals surface area (Å²) in [5.41, 5.74) is 6.81. The van der Waals surface area contributed by atoms with Crippen LogP contribution < -0.4 is 11.1 Å². The minimum absolute atomic E-state index is 0.100. The monoisotopic (exact) mass is 276 g/mol. The second-order valence-corrected chi connectivity index (χ2v) is 4.79. The molecule has 0 saturated heterocycles. The highest BCUT2D eigenvalue weighted by Gasteiger charge is 2.11. The number of hydrogen-bond acceptors (Lipinski definition) is 3. The zero-order valence-electron chi connectivity index (χ0n) is 10.5. The molecule has 0 aromatic carbocycles. The predicted octanol–water partition coefficient (Wildman–Crippen LogP) is 1.52. The van der Waals surface area contributed by atoms with E-state index in [9.17, 15) is 4.79 Å². The van der Waals surface area contributed by atoms with Crippen LogP contribution in [0.3, 0.4) is 0 Å². The smallest absolute Gasteiger partial charge is 0.255 e. The van der Waals surface area contributed by atoms with E-state index in [0.29, 0.717) is 17.1 Å². The Hall–Kier alpha value is -1.95. The molecule has 2 aromatic heterocycles. The summed E-state index contributed by atoms with van der Waals surface area (Å²) >= 11 is 4.79. The molecule has 0 aliphatic carbocycles. The van der Waals surface area contributed by atoms with E-state index in [1.165, 1.54) is 0 Å². The number of carbonyl (C=O) groups is 1. The Morgan fingerprint density at radius 3 is 3.05 bits per heavy atom. The van der Waals surface area contributed by atoms with Crippen molar-refractivity contribution in [3.8, 4) is 0 Å². The van der Waals surface area contributed by atoms with Gasteiger partial charge in [-0.3, -0.25) is 4.79 Å². The Balaban J connectivity index is 1.88. The van der Waals surface area contributed by atoms with Crippen molar-refractivity contribution >= 4 is 28.6 Å². The second kappa shape index (κ2) is 6.29. The standard InChI is InChI=1S/C13H16N4OS/c14-12(19)6-1-3-7-15-13(18)10-9-16-17-8-4-2-5-11(10)17/h2,4-5,8-9H,1,3,6-7H2,(H2,14,19)(H,15,18). The van der Waals surface area contributed by atoms with Crippen molar-refractivity contribution in [2.24, 2.45) is 5.73 Å². The molecule has 1 amide bonds. The normalized spacial score (nSPS) is 10.5. The summed E-state index contributed by atoms with van der Waals surface area (Å²) in [5, 5.41) is 7.00. The largest absolute Gasteiger partial charge is 0.393 e. The average molecular weight is 276 g/mol. The highest BCUT2D eigenvalue weighted by atomic mass is 32.1. The van der Waals surface area contributed by atoms with E-state index in [4.69, 9.17) is 18.0 Å². The van der Waals surface area contributed by atoms with E-state index in [2.05, 4.69) is 10.4 Å². The van der Waals surface area contributed by atoms with Crippen molar-refractivity contribution in [2.75, 3.05) is 6.54 Å². The molecule has 0 radical (unpaired) electrons. The molecule has 3 N–H and O–H groups in total. The number of nitrogens with zero attached hydrogens (tertiary/aromatic N) is 2. The zero-order chi connectivity index (χ0) is 13.7. The number of nitrogens with one attached hydrogen (secondary N) is 1. The Morgan fingerprint density at radius 2 is 2.26 bits per heavy atom. The van der Waals surface area contributed by atoms with Crippen LogP contribution in [-0.2, 0) is 0 Å². The third-order valence-electron chi connectivity index (χ3n) is 2.81. The molecule has 5 nitrogen and oxygen atoms in total. The number of unbranched alkanes of at least 4 members (excludes halogenated alkanes) is 1. The molecule has 0 saturated carbocycles. The Morgan fingerprint density at radius 1 is 1.42 bits per heavy atom. The second-order valence-electron chi connectivity index (χ2n) is 4.27. The predicted molar refractivity (Wildman–Crippen MR) is 78.2 cm³/mol. The lowest BCUT2D eigenvalue weighted by molar-refractivity contribution is 0.0954. The third kappa shape index (κ3) is 3.51. The van der Waals surface area contributed by atoms with Crippen LogP contribution in [0.5, 0.6) is 0 Å². The van der Waals surface area contributed by atoms with Crippen LogP contribution in [0.4, 0.5) is 0 Å². The van der Waals surface area contributed by atoms with Crippen molar-refractivity contribution in [3.05, 3.63) is 36.2 Å². The summed E-state index contributed by atoms with van der Waals surface area (Å²) < 4.78 is 1.68. The van der Waals surface area contributed by atoms with Crippen molar-refractivity contribution in [1.82, 2.24) is 14.9 Å². The molecule has 0 aliphatic heterocycles. The fraction of sp³-hybridized carbons (Fsp3) is 0.308. The first-order valence-corrected chi connectivity index (χ1v) is 6.58. The number of nitrogens with two attached hydrogens (primary N) is 1. The Bertz CT molecular complexity index is 593. The van der Waals surface area contributed by atoms with Crippen LogP contribution in [-0.4, -0.2) is 27.1 Å². The maximum Gasteiger partial charge on any atom is 0.255 e. The maximum absolute atomic E-state index is 12.0. The molecule has 100 valence electrons. The number of thiocarbonyl (C=S) groups is 1. The molecular formula is C13H16N4OS. The van der Waals surface area contributed by atoms with Gasteiger partial charge in [-0.15, -0.1) is 0 Å². The molecule has 0 fully saturated rings. The summed E-state index contributed by atoms with van der Waals surface area (Å²) in [5.74, 6) is -0.100. The number of hydrogen-bond donors (Lipinski definition) is 2. The van der Waals surface area contributed by atoms with Crippen LogP contribution in [0.2, 0.25) is 0 Å². The summed E-state index contributed by atoms with van der Waals surface area (Å²) in [6.45, 7) is 0.617. The topological polar surface area (TPSA) is 72.4 Å². The Labute approximate surface area is 116 Å². The van der Waals surface area contributed by atoms with E-state index in [1.807, 2.05) is 24.4 Å². The maximum atomic E-state index is 12.0. The van der Waals surface area contributed by atoms with E-state index in [0.717, 1.165) is 24.8 Å². The number of fused-ring (bicyclic) bond motifs is 1. The molecule has 2 rings (SSSR count). The molecule has 2 heterocycles. The number of pyridine rings is 1. The van der Waals surface area contributed by atoms with Gasteiger partial charge in [0, 0.05) is 12.7 Å². The lowest BCUT2D eigenvalue weighted by atomic mass is 10.2. The van der Waals surface area contributed by atoms with E-state index in [-0.39, 0.29) is 5.91 Å². The van der Waals surface area contributed by atoms with Crippen molar-refractivity contribution in [2.45, 2.75) is 19.3 Å². The number of rotatable bonds is 6. The van der Waals surface area contributed by atoms with Crippen LogP contribution in [0.25, 0.3) is 5.52 Å². The van der Waals surface area contributed by atoms with Gasteiger partial charge in [0.1, 0.15) is 0 Å². The third-order valence-corrected chi connectivity index (χ3v) is 3.01. The molecular weight excluding hydrogens is 260 g/mol. The zero-order valence-corrected chi connectivity index (χ0v) is 11.3. The fourth-order valence-electron chi connectivity index (χ4n) is 1.83. The van der Waals surface area contributed by atoms with Crippen molar-refractivity contribution in [1.29, 1.82) is 0 Å². The van der Waals surface area contributed by atoms with Crippen molar-refractivity contribution in [3.63, 3.8) is 0 Å². The summed E-state index contributed by atoms with van der Waals surface area (Å²) in [6, 6.07) is 5.63. The van der Waals surface area contributed by atoms with Gasteiger partial charge in [-0.05, 0) is 31.4 Å². The number of carbonyl (C=O) groups excluding carboxylic acids is 1. The van der Waals surface area contributed by atoms with Gasteiger partial charge in [0.2, 0.25) is 0 Å². The minimum atomic E-state index is -0.100. The molecule has 6 heteroatoms. The average Bonchev–Trinajstić information content (AvgIpc) is 2.81. The van der Waals surface area contributed by atoms with Gasteiger partial charge in [-0.2, -0.15) is 5.10 Å². The van der Waals surface area contributed by atoms with Crippen LogP contribution in [0.1, 0.15) is 29.6 Å². The van der Waals surface area contributed by atoms with E-state index < -0.39 is 0 Å². The quantitative estimate of drug-likeness (QED) is 0.620. The first kappa shape index (κ1) is 13.5. The lowest BCUT2D eigenvalue weighted by Crippen LogP contribution is -2.24. The van der Waals surface area contributed by atoms with E-state index in [1.54, 1.807) is 10.7 Å². The van der Waals surface area contributed by atoms with Crippen LogP contribution in [0.15, 0.2) is 30.6 Å². The molecule has 2 aromatic rings. The molecule has 19 heavy (non-hydrogen) atoms. The van der Waals surface area contributed by atoms with Crippen molar-refractivity contribution < 1.29 is 4.79 Å². The molecule has 0 atom stereocenters. The van der Waals surface area contributed by atoms with E-state index >= 15 is 0 Å². The summed E-state index contributed by atoms with van der Waals surface area (Å²) in [7, 11) is 0. The van der Waals surface area contributed by atoms with Gasteiger partial charge in [0.15, 0.2) is 0 Å². The number of amides is 1. The van der Waals surface area contributed by atoms with Crippen LogP contribution >= 0.6 is 12.2 Å². The number of aromatic nitrogens is 2. The lowest BCUT2D eigenvalue weighted by Gasteiger charge is -2.03. The van der Waals surface area contributed by atoms with Crippen LogP contribution in [0, 0.1) is 0 Å². The molecule has 0 bridgehead atoms. The van der Waals surface area contributed by atoms with Gasteiger partial charge in [0.25, 0.3) is 5.91 Å². The van der Waals surface area contributed by atoms with Gasteiger partial charge in [-0.25, -0.2) is 4.52 Å². The highest BCUT2D eigenvalue weighted by Crippen LogP contribution is 2.09. The summed E-state index contributed by atoms with van der Waals surface area (Å²) in [6.07, 6.45) is 5.88. The highest BCUT2D eigenvalue weighted by molar-refractivity contribution is 7.80. The van der Waals surface area contributed by atoms with Gasteiger partial charge < -0.3 is 11.1 Å².